The van der Waals surface area contributed by atoms with Gasteiger partial charge in [-0.25, -0.2) is 0 Å². The van der Waals surface area contributed by atoms with Crippen molar-refractivity contribution in [3.05, 3.63) is 59.7 Å². The largest absolute Gasteiger partial charge is 0.493 e. The topological polar surface area (TPSA) is 30.5 Å². The molecule has 1 N–H and O–H groups in total. The standard InChI is InChI=1S/C17H21NO2/c1-18-13-15-9-6-10-16(19-2)17(15)20-12-11-14-7-4-3-5-8-14/h3-10,18H,11-13H2,1-2H3. The first-order chi connectivity index (χ1) is 9.85. The lowest BCUT2D eigenvalue weighted by atomic mass is 10.1. The Hall–Kier alpha value is -2.00. The summed E-state index contributed by atoms with van der Waals surface area (Å²) in [5.74, 6) is 1.62. The van der Waals surface area contributed by atoms with Crippen LogP contribution in [0.1, 0.15) is 11.1 Å². The summed E-state index contributed by atoms with van der Waals surface area (Å²) in [5, 5.41) is 3.15. The van der Waals surface area contributed by atoms with E-state index in [2.05, 4.69) is 23.5 Å². The second kappa shape index (κ2) is 7.56. The molecule has 0 fully saturated rings. The van der Waals surface area contributed by atoms with E-state index in [1.54, 1.807) is 7.11 Å². The first kappa shape index (κ1) is 14.4. The minimum Gasteiger partial charge on any atom is -0.493 e. The zero-order valence-electron chi connectivity index (χ0n) is 12.1. The van der Waals surface area contributed by atoms with Crippen LogP contribution in [-0.2, 0) is 13.0 Å². The average Bonchev–Trinajstić information content (AvgIpc) is 2.50. The van der Waals surface area contributed by atoms with Crippen LogP contribution < -0.4 is 14.8 Å². The van der Waals surface area contributed by atoms with Crippen LogP contribution in [0, 0.1) is 0 Å². The summed E-state index contributed by atoms with van der Waals surface area (Å²) in [7, 11) is 3.59. The Balaban J connectivity index is 2.04. The van der Waals surface area contributed by atoms with Crippen LogP contribution in [0.25, 0.3) is 0 Å². The molecule has 0 heterocycles. The third-order valence-corrected chi connectivity index (χ3v) is 3.13. The van der Waals surface area contributed by atoms with Crippen LogP contribution >= 0.6 is 0 Å². The van der Waals surface area contributed by atoms with Gasteiger partial charge in [-0.05, 0) is 18.7 Å². The van der Waals surface area contributed by atoms with Crippen LogP contribution in [0.15, 0.2) is 48.5 Å². The van der Waals surface area contributed by atoms with Gasteiger partial charge in [0.05, 0.1) is 13.7 Å². The van der Waals surface area contributed by atoms with Crippen LogP contribution in [0.2, 0.25) is 0 Å². The maximum Gasteiger partial charge on any atom is 0.165 e. The minimum absolute atomic E-state index is 0.640. The van der Waals surface area contributed by atoms with Crippen LogP contribution in [0.4, 0.5) is 0 Å². The van der Waals surface area contributed by atoms with Gasteiger partial charge in [0.1, 0.15) is 0 Å². The minimum atomic E-state index is 0.640. The Kier molecular flexibility index (Phi) is 5.44. The molecule has 0 saturated heterocycles. The van der Waals surface area contributed by atoms with Crippen LogP contribution in [0.5, 0.6) is 11.5 Å². The van der Waals surface area contributed by atoms with Gasteiger partial charge in [-0.3, -0.25) is 0 Å². The Morgan fingerprint density at radius 3 is 2.50 bits per heavy atom. The van der Waals surface area contributed by atoms with Gasteiger partial charge in [0.15, 0.2) is 11.5 Å². The lowest BCUT2D eigenvalue weighted by Gasteiger charge is -2.15. The van der Waals surface area contributed by atoms with Crippen LogP contribution in [-0.4, -0.2) is 20.8 Å². The molecule has 106 valence electrons. The smallest absolute Gasteiger partial charge is 0.165 e. The third kappa shape index (κ3) is 3.75. The molecule has 0 atom stereocenters. The molecule has 0 aliphatic carbocycles. The molecule has 0 radical (unpaired) electrons. The van der Waals surface area contributed by atoms with Crippen molar-refractivity contribution in [2.75, 3.05) is 20.8 Å². The van der Waals surface area contributed by atoms with Gasteiger partial charge in [-0.1, -0.05) is 42.5 Å². The maximum atomic E-state index is 5.95. The van der Waals surface area contributed by atoms with Crippen molar-refractivity contribution in [3.8, 4) is 11.5 Å². The van der Waals surface area contributed by atoms with E-state index in [0.717, 1.165) is 30.0 Å². The normalized spacial score (nSPS) is 10.3. The molecule has 0 saturated carbocycles. The lowest BCUT2D eigenvalue weighted by molar-refractivity contribution is 0.294. The number of hydrogen-bond acceptors (Lipinski definition) is 3. The summed E-state index contributed by atoms with van der Waals surface area (Å²) >= 11 is 0. The van der Waals surface area contributed by atoms with Crippen molar-refractivity contribution in [1.29, 1.82) is 0 Å². The monoisotopic (exact) mass is 271 g/mol. The van der Waals surface area contributed by atoms with Gasteiger partial charge in [-0.2, -0.15) is 0 Å². The zero-order chi connectivity index (χ0) is 14.2. The summed E-state index contributed by atoms with van der Waals surface area (Å²) in [6.07, 6.45) is 0.887. The Morgan fingerprint density at radius 2 is 1.80 bits per heavy atom. The fraction of sp³-hybridized carbons (Fsp3) is 0.294. The molecule has 2 aromatic carbocycles. The molecule has 2 rings (SSSR count). The van der Waals surface area contributed by atoms with Crippen molar-refractivity contribution in [2.45, 2.75) is 13.0 Å². The van der Waals surface area contributed by atoms with Crippen LogP contribution in [0.3, 0.4) is 0 Å². The molecule has 0 spiro atoms. The Morgan fingerprint density at radius 1 is 1.00 bits per heavy atom. The van der Waals surface area contributed by atoms with Crippen molar-refractivity contribution in [2.24, 2.45) is 0 Å². The number of methoxy groups -OCH3 is 1. The SMILES string of the molecule is CNCc1cccc(OC)c1OCCc1ccccc1. The summed E-state index contributed by atoms with van der Waals surface area (Å²) in [6.45, 7) is 1.40. The maximum absolute atomic E-state index is 5.95. The fourth-order valence-corrected chi connectivity index (χ4v) is 2.13. The second-order valence-electron chi connectivity index (χ2n) is 4.56. The molecule has 0 aromatic heterocycles. The van der Waals surface area contributed by atoms with Gasteiger partial charge < -0.3 is 14.8 Å². The van der Waals surface area contributed by atoms with E-state index in [1.807, 2.05) is 37.4 Å². The van der Waals surface area contributed by atoms with Crippen molar-refractivity contribution >= 4 is 0 Å². The van der Waals surface area contributed by atoms with E-state index >= 15 is 0 Å². The Labute approximate surface area is 120 Å². The fourth-order valence-electron chi connectivity index (χ4n) is 2.13. The quantitative estimate of drug-likeness (QED) is 0.839. The first-order valence-corrected chi connectivity index (χ1v) is 6.82. The number of ether oxygens (including phenoxy) is 2. The predicted octanol–water partition coefficient (Wildman–Crippen LogP) is 3.04. The molecule has 0 unspecified atom stereocenters. The van der Waals surface area contributed by atoms with Crippen molar-refractivity contribution < 1.29 is 9.47 Å². The molecular weight excluding hydrogens is 250 g/mol. The summed E-state index contributed by atoms with van der Waals surface area (Å²) in [5.41, 5.74) is 2.39. The molecule has 0 aliphatic rings. The van der Waals surface area contributed by atoms with E-state index in [-0.39, 0.29) is 0 Å². The first-order valence-electron chi connectivity index (χ1n) is 6.82. The molecule has 3 heteroatoms. The highest BCUT2D eigenvalue weighted by Gasteiger charge is 2.09. The van der Waals surface area contributed by atoms with E-state index in [9.17, 15) is 0 Å². The van der Waals surface area contributed by atoms with E-state index in [4.69, 9.17) is 9.47 Å². The molecular formula is C17H21NO2. The average molecular weight is 271 g/mol. The number of nitrogens with one attached hydrogen (secondary N) is 1. The number of benzene rings is 2. The lowest BCUT2D eigenvalue weighted by Crippen LogP contribution is -2.10. The van der Waals surface area contributed by atoms with Gasteiger partial charge in [-0.15, -0.1) is 0 Å². The number of rotatable bonds is 7. The molecule has 3 nitrogen and oxygen atoms in total. The number of para-hydroxylation sites is 1. The van der Waals surface area contributed by atoms with Gasteiger partial charge in [0.25, 0.3) is 0 Å². The summed E-state index contributed by atoms with van der Waals surface area (Å²) in [6, 6.07) is 16.3. The second-order valence-corrected chi connectivity index (χ2v) is 4.56. The third-order valence-electron chi connectivity index (χ3n) is 3.13. The molecule has 0 aliphatic heterocycles. The number of hydrogen-bond donors (Lipinski definition) is 1. The molecule has 20 heavy (non-hydrogen) atoms. The van der Waals surface area contributed by atoms with E-state index in [1.165, 1.54) is 5.56 Å². The van der Waals surface area contributed by atoms with E-state index in [0.29, 0.717) is 6.61 Å². The van der Waals surface area contributed by atoms with Crippen molar-refractivity contribution in [1.82, 2.24) is 5.32 Å². The highest BCUT2D eigenvalue weighted by molar-refractivity contribution is 5.46. The van der Waals surface area contributed by atoms with E-state index < -0.39 is 0 Å². The molecule has 0 bridgehead atoms. The predicted molar refractivity (Wildman–Crippen MR) is 81.4 cm³/mol. The van der Waals surface area contributed by atoms with Crippen molar-refractivity contribution in [3.63, 3.8) is 0 Å². The zero-order valence-corrected chi connectivity index (χ0v) is 12.1. The molecule has 0 amide bonds. The highest BCUT2D eigenvalue weighted by Crippen LogP contribution is 2.31. The van der Waals surface area contributed by atoms with Gasteiger partial charge in [0.2, 0.25) is 0 Å². The summed E-state index contributed by atoms with van der Waals surface area (Å²) in [4.78, 5) is 0. The Bertz CT molecular complexity index is 526. The summed E-state index contributed by atoms with van der Waals surface area (Å²) < 4.78 is 11.3. The van der Waals surface area contributed by atoms with Gasteiger partial charge >= 0.3 is 0 Å². The highest BCUT2D eigenvalue weighted by atomic mass is 16.5. The van der Waals surface area contributed by atoms with Gasteiger partial charge in [0, 0.05) is 18.5 Å². The molecule has 2 aromatic rings.